The van der Waals surface area contributed by atoms with E-state index in [2.05, 4.69) is 25.5 Å². The predicted octanol–water partition coefficient (Wildman–Crippen LogP) is 2.80. The summed E-state index contributed by atoms with van der Waals surface area (Å²) in [5.74, 6) is -0.494. The maximum absolute atomic E-state index is 14.8. The highest BCUT2D eigenvalue weighted by Gasteiger charge is 2.28. The van der Waals surface area contributed by atoms with Crippen molar-refractivity contribution in [3.8, 4) is 0 Å². The van der Waals surface area contributed by atoms with Gasteiger partial charge < -0.3 is 15.0 Å². The number of hydrogen-bond acceptors (Lipinski definition) is 7. The molecule has 2 aliphatic rings. The van der Waals surface area contributed by atoms with Gasteiger partial charge in [-0.05, 0) is 30.2 Å². The van der Waals surface area contributed by atoms with E-state index in [0.29, 0.717) is 48.8 Å². The van der Waals surface area contributed by atoms with Gasteiger partial charge >= 0.3 is 0 Å². The van der Waals surface area contributed by atoms with Gasteiger partial charge in [0.15, 0.2) is 0 Å². The Morgan fingerprint density at radius 3 is 2.89 bits per heavy atom. The zero-order valence-electron chi connectivity index (χ0n) is 19.3. The molecule has 6 rings (SSSR count). The minimum Gasteiger partial charge on any atom is -0.379 e. The second kappa shape index (κ2) is 9.12. The van der Waals surface area contributed by atoms with Crippen LogP contribution in [0.2, 0.25) is 0 Å². The lowest BCUT2D eigenvalue weighted by Crippen LogP contribution is -2.26. The van der Waals surface area contributed by atoms with Gasteiger partial charge in [0.25, 0.3) is 11.5 Å². The van der Waals surface area contributed by atoms with Crippen LogP contribution in [-0.4, -0.2) is 50.2 Å². The van der Waals surface area contributed by atoms with Crippen molar-refractivity contribution in [2.45, 2.75) is 32.0 Å². The zero-order valence-corrected chi connectivity index (χ0v) is 19.3. The summed E-state index contributed by atoms with van der Waals surface area (Å²) in [6, 6.07) is 11.8. The fraction of sp³-hybridized carbons (Fsp3) is 0.269. The Kier molecular flexibility index (Phi) is 5.65. The van der Waals surface area contributed by atoms with Crippen LogP contribution in [0.5, 0.6) is 0 Å². The van der Waals surface area contributed by atoms with Gasteiger partial charge in [0.2, 0.25) is 5.95 Å². The number of anilines is 1. The fourth-order valence-corrected chi connectivity index (χ4v) is 4.71. The molecule has 0 radical (unpaired) electrons. The number of nitrogens with one attached hydrogen (secondary N) is 2. The highest BCUT2D eigenvalue weighted by molar-refractivity contribution is 5.95. The van der Waals surface area contributed by atoms with Crippen molar-refractivity contribution in [2.24, 2.45) is 0 Å². The van der Waals surface area contributed by atoms with Crippen LogP contribution in [0.3, 0.4) is 0 Å². The number of carbonyl (C=O) groups is 1. The molecule has 0 unspecified atom stereocenters. The molecule has 0 saturated carbocycles. The smallest absolute Gasteiger partial charge is 0.272 e. The predicted molar refractivity (Wildman–Crippen MR) is 130 cm³/mol. The Morgan fingerprint density at radius 1 is 1.19 bits per heavy atom. The van der Waals surface area contributed by atoms with E-state index >= 15 is 0 Å². The lowest BCUT2D eigenvalue weighted by Gasteiger charge is -2.16. The van der Waals surface area contributed by atoms with E-state index < -0.39 is 11.7 Å². The first-order chi connectivity index (χ1) is 17.5. The van der Waals surface area contributed by atoms with E-state index in [1.807, 2.05) is 12.1 Å². The van der Waals surface area contributed by atoms with Gasteiger partial charge in [0.05, 0.1) is 41.5 Å². The van der Waals surface area contributed by atoms with E-state index in [0.717, 1.165) is 23.1 Å². The van der Waals surface area contributed by atoms with Crippen LogP contribution >= 0.6 is 0 Å². The number of nitrogens with zero attached hydrogens (tertiary/aromatic N) is 4. The number of aromatic amines is 1. The second-order valence-electron chi connectivity index (χ2n) is 9.07. The average molecular weight is 487 g/mol. The topological polar surface area (TPSA) is 113 Å². The van der Waals surface area contributed by atoms with Crippen molar-refractivity contribution in [1.82, 2.24) is 25.1 Å². The van der Waals surface area contributed by atoms with Gasteiger partial charge in [-0.15, -0.1) is 0 Å². The molecule has 2 aromatic heterocycles. The third kappa shape index (κ3) is 4.20. The van der Waals surface area contributed by atoms with Crippen LogP contribution in [0.4, 0.5) is 10.3 Å². The molecule has 2 aromatic carbocycles. The van der Waals surface area contributed by atoms with Crippen LogP contribution in [-0.2, 0) is 24.2 Å². The maximum Gasteiger partial charge on any atom is 0.272 e. The summed E-state index contributed by atoms with van der Waals surface area (Å²) in [7, 11) is 0. The number of fused-ring (bicyclic) bond motifs is 2. The number of benzene rings is 2. The Hall–Kier alpha value is -4.18. The van der Waals surface area contributed by atoms with Crippen LogP contribution in [0.15, 0.2) is 53.5 Å². The monoisotopic (exact) mass is 486 g/mol. The number of ether oxygens (including phenoxy) is 1. The highest BCUT2D eigenvalue weighted by atomic mass is 19.1. The maximum atomic E-state index is 14.8. The quantitative estimate of drug-likeness (QED) is 0.446. The highest BCUT2D eigenvalue weighted by Crippen LogP contribution is 2.26. The molecule has 4 aromatic rings. The Morgan fingerprint density at radius 2 is 2.06 bits per heavy atom. The first-order valence-electron chi connectivity index (χ1n) is 11.8. The van der Waals surface area contributed by atoms with E-state index in [-0.39, 0.29) is 23.7 Å². The Balaban J connectivity index is 1.22. The van der Waals surface area contributed by atoms with E-state index in [9.17, 15) is 14.0 Å². The molecule has 2 aliphatic heterocycles. The molecule has 4 heterocycles. The minimum absolute atomic E-state index is 0.0107. The summed E-state index contributed by atoms with van der Waals surface area (Å²) in [5.41, 5.74) is 2.68. The standard InChI is InChI=1S/C26H23FN6O3/c27-21-6-5-15(10-22-18-3-1-2-4-19(18)24(34)32-31-22)9-20(21)25(35)33-12-16-11-28-26(30-23(16)13-33)29-17-7-8-36-14-17/h1-6,9,11,17H,7-8,10,12-14H2,(H,32,34)(H,28,29,30)/t17-/m1/s1. The number of H-pyrrole nitrogens is 1. The summed E-state index contributed by atoms with van der Waals surface area (Å²) in [5, 5.41) is 11.2. The van der Waals surface area contributed by atoms with Crippen molar-refractivity contribution in [3.05, 3.63) is 92.9 Å². The number of halogens is 1. The lowest BCUT2D eigenvalue weighted by molar-refractivity contribution is 0.0745. The molecular weight excluding hydrogens is 463 g/mol. The zero-order chi connectivity index (χ0) is 24.6. The molecule has 0 bridgehead atoms. The first kappa shape index (κ1) is 22.3. The molecule has 1 fully saturated rings. The van der Waals surface area contributed by atoms with Gasteiger partial charge in [-0.2, -0.15) is 5.10 Å². The fourth-order valence-electron chi connectivity index (χ4n) is 4.71. The Labute approximate surface area is 205 Å². The number of hydrogen-bond donors (Lipinski definition) is 2. The van der Waals surface area contributed by atoms with E-state index in [4.69, 9.17) is 4.74 Å². The molecule has 2 N–H and O–H groups in total. The summed E-state index contributed by atoms with van der Waals surface area (Å²) in [4.78, 5) is 35.9. The van der Waals surface area contributed by atoms with Crippen LogP contribution in [0.1, 0.15) is 39.3 Å². The molecule has 182 valence electrons. The van der Waals surface area contributed by atoms with Crippen molar-refractivity contribution in [3.63, 3.8) is 0 Å². The molecular formula is C26H23FN6O3. The van der Waals surface area contributed by atoms with Gasteiger partial charge in [-0.1, -0.05) is 24.3 Å². The summed E-state index contributed by atoms with van der Waals surface area (Å²) in [6.45, 7) is 1.92. The van der Waals surface area contributed by atoms with Crippen LogP contribution in [0.25, 0.3) is 10.8 Å². The van der Waals surface area contributed by atoms with Gasteiger partial charge in [-0.25, -0.2) is 19.5 Å². The summed E-state index contributed by atoms with van der Waals surface area (Å²) in [6.07, 6.45) is 2.95. The lowest BCUT2D eigenvalue weighted by atomic mass is 10.0. The molecule has 0 aliphatic carbocycles. The molecule has 0 spiro atoms. The van der Waals surface area contributed by atoms with Crippen molar-refractivity contribution in [1.29, 1.82) is 0 Å². The largest absolute Gasteiger partial charge is 0.379 e. The van der Waals surface area contributed by atoms with E-state index in [1.165, 1.54) is 6.07 Å². The molecule has 36 heavy (non-hydrogen) atoms. The van der Waals surface area contributed by atoms with Crippen LogP contribution < -0.4 is 10.9 Å². The third-order valence-corrected chi connectivity index (χ3v) is 6.61. The molecule has 1 atom stereocenters. The normalized spacial score (nSPS) is 16.9. The van der Waals surface area contributed by atoms with Crippen molar-refractivity contribution < 1.29 is 13.9 Å². The van der Waals surface area contributed by atoms with Gasteiger partial charge in [-0.3, -0.25) is 9.59 Å². The van der Waals surface area contributed by atoms with E-state index in [1.54, 1.807) is 35.4 Å². The molecule has 1 amide bonds. The number of rotatable bonds is 5. The third-order valence-electron chi connectivity index (χ3n) is 6.61. The number of carbonyl (C=O) groups excluding carboxylic acids is 1. The van der Waals surface area contributed by atoms with Crippen LogP contribution in [0, 0.1) is 5.82 Å². The first-order valence-corrected chi connectivity index (χ1v) is 11.8. The minimum atomic E-state index is -0.589. The van der Waals surface area contributed by atoms with Gasteiger partial charge in [0, 0.05) is 36.7 Å². The second-order valence-corrected chi connectivity index (χ2v) is 9.07. The summed E-state index contributed by atoms with van der Waals surface area (Å²) < 4.78 is 20.2. The molecule has 9 nitrogen and oxygen atoms in total. The SMILES string of the molecule is O=C(c1cc(Cc2n[nH]c(=O)c3ccccc23)ccc1F)N1Cc2cnc(N[C@@H]3CCOC3)nc2C1. The van der Waals surface area contributed by atoms with Crippen molar-refractivity contribution in [2.75, 3.05) is 18.5 Å². The number of aromatic nitrogens is 4. The average Bonchev–Trinajstić information content (AvgIpc) is 3.56. The Bertz CT molecular complexity index is 1530. The molecule has 1 saturated heterocycles. The number of amides is 1. The molecule has 10 heteroatoms. The van der Waals surface area contributed by atoms with Crippen molar-refractivity contribution >= 4 is 22.6 Å². The van der Waals surface area contributed by atoms with Gasteiger partial charge in [0.1, 0.15) is 5.82 Å². The summed E-state index contributed by atoms with van der Waals surface area (Å²) >= 11 is 0.